The fourth-order valence-corrected chi connectivity index (χ4v) is 3.75. The van der Waals surface area contributed by atoms with Crippen molar-refractivity contribution in [2.75, 3.05) is 38.7 Å². The summed E-state index contributed by atoms with van der Waals surface area (Å²) >= 11 is 0. The van der Waals surface area contributed by atoms with Crippen molar-refractivity contribution in [3.8, 4) is 0 Å². The van der Waals surface area contributed by atoms with Gasteiger partial charge < -0.3 is 10.6 Å². The van der Waals surface area contributed by atoms with Crippen molar-refractivity contribution in [3.63, 3.8) is 0 Å². The number of nitrogens with zero attached hydrogens (tertiary/aromatic N) is 2. The first-order valence-corrected chi connectivity index (χ1v) is 10.9. The predicted molar refractivity (Wildman–Crippen MR) is 119 cm³/mol. The third-order valence-electron chi connectivity index (χ3n) is 4.46. The van der Waals surface area contributed by atoms with Crippen molar-refractivity contribution >= 4 is 39.8 Å². The van der Waals surface area contributed by atoms with Crippen LogP contribution < -0.4 is 10.6 Å². The molecule has 1 aromatic rings. The fraction of sp³-hybridized carbons (Fsp3) is 0.611. The van der Waals surface area contributed by atoms with Crippen LogP contribution in [0.3, 0.4) is 0 Å². The largest absolute Gasteiger partial charge is 0.355 e. The average molecular weight is 494 g/mol. The number of rotatable bonds is 7. The molecule has 0 bridgehead atoms. The van der Waals surface area contributed by atoms with E-state index >= 15 is 0 Å². The van der Waals surface area contributed by atoms with Crippen molar-refractivity contribution in [1.82, 2.24) is 15.5 Å². The number of nitrogens with one attached hydrogen (secondary N) is 2. The zero-order valence-electron chi connectivity index (χ0n) is 15.9. The highest BCUT2D eigenvalue weighted by molar-refractivity contribution is 14.0. The van der Waals surface area contributed by atoms with E-state index in [1.807, 2.05) is 6.92 Å². The summed E-state index contributed by atoms with van der Waals surface area (Å²) in [6, 6.07) is 8.69. The van der Waals surface area contributed by atoms with Gasteiger partial charge in [0.15, 0.2) is 5.96 Å². The van der Waals surface area contributed by atoms with Crippen LogP contribution in [0.15, 0.2) is 29.3 Å². The minimum absolute atomic E-state index is 0. The third-order valence-corrected chi connectivity index (χ3v) is 5.44. The first kappa shape index (κ1) is 23.2. The Bertz CT molecular complexity index is 694. The number of fused-ring (bicyclic) bond motifs is 1. The molecule has 1 aromatic carbocycles. The molecule has 0 radical (unpaired) electrons. The summed E-state index contributed by atoms with van der Waals surface area (Å²) in [4.78, 5) is 6.66. The van der Waals surface area contributed by atoms with Crippen molar-refractivity contribution in [3.05, 3.63) is 35.4 Å². The van der Waals surface area contributed by atoms with Gasteiger partial charge in [-0.15, -0.1) is 24.0 Å². The molecule has 1 heterocycles. The normalized spacial score (nSPS) is 16.3. The SMILES string of the molecule is CN=C(NCCN1CCc2ccccc2C1)NC(C)CCS(C)(=O)=O.I. The Morgan fingerprint density at radius 3 is 2.65 bits per heavy atom. The average Bonchev–Trinajstić information content (AvgIpc) is 2.58. The topological polar surface area (TPSA) is 73.8 Å². The quantitative estimate of drug-likeness (QED) is 0.343. The van der Waals surface area contributed by atoms with Crippen LogP contribution in [0.4, 0.5) is 0 Å². The number of benzene rings is 1. The van der Waals surface area contributed by atoms with Crippen LogP contribution in [0.2, 0.25) is 0 Å². The summed E-state index contributed by atoms with van der Waals surface area (Å²) in [5, 5.41) is 6.57. The summed E-state index contributed by atoms with van der Waals surface area (Å²) in [6.45, 7) is 5.80. The van der Waals surface area contributed by atoms with Crippen molar-refractivity contribution in [1.29, 1.82) is 0 Å². The van der Waals surface area contributed by atoms with Gasteiger partial charge in [-0.1, -0.05) is 24.3 Å². The Morgan fingerprint density at radius 2 is 2.00 bits per heavy atom. The second-order valence-electron chi connectivity index (χ2n) is 6.76. The molecule has 1 unspecified atom stereocenters. The number of sulfone groups is 1. The molecular formula is C18H31IN4O2S. The van der Waals surface area contributed by atoms with Crippen LogP contribution in [-0.4, -0.2) is 64.0 Å². The standard InChI is InChI=1S/C18H30N4O2S.HI/c1-15(9-13-25(3,23)24)21-18(19-2)20-10-12-22-11-8-16-6-4-5-7-17(16)14-22;/h4-7,15H,8-14H2,1-3H3,(H2,19,20,21);1H. The third kappa shape index (κ3) is 8.22. The molecule has 0 saturated carbocycles. The molecule has 0 aliphatic carbocycles. The fourth-order valence-electron chi connectivity index (χ4n) is 2.97. The highest BCUT2D eigenvalue weighted by Gasteiger charge is 2.15. The molecule has 8 heteroatoms. The molecule has 0 fully saturated rings. The lowest BCUT2D eigenvalue weighted by molar-refractivity contribution is 0.258. The van der Waals surface area contributed by atoms with Crippen LogP contribution in [0, 0.1) is 0 Å². The lowest BCUT2D eigenvalue weighted by Gasteiger charge is -2.29. The molecule has 6 nitrogen and oxygen atoms in total. The summed E-state index contributed by atoms with van der Waals surface area (Å²) in [5.74, 6) is 0.907. The minimum atomic E-state index is -2.92. The Balaban J connectivity index is 0.00000338. The molecule has 1 atom stereocenters. The molecular weight excluding hydrogens is 463 g/mol. The van der Waals surface area contributed by atoms with Gasteiger partial charge >= 0.3 is 0 Å². The monoisotopic (exact) mass is 494 g/mol. The molecule has 2 rings (SSSR count). The van der Waals surface area contributed by atoms with Crippen LogP contribution in [0.1, 0.15) is 24.5 Å². The first-order valence-electron chi connectivity index (χ1n) is 8.81. The van der Waals surface area contributed by atoms with Gasteiger partial charge in [0.1, 0.15) is 9.84 Å². The smallest absolute Gasteiger partial charge is 0.191 e. The molecule has 0 aromatic heterocycles. The Morgan fingerprint density at radius 1 is 1.31 bits per heavy atom. The molecule has 2 N–H and O–H groups in total. The maximum absolute atomic E-state index is 11.2. The summed E-state index contributed by atoms with van der Waals surface area (Å²) in [6.07, 6.45) is 2.94. The second-order valence-corrected chi connectivity index (χ2v) is 9.02. The highest BCUT2D eigenvalue weighted by Crippen LogP contribution is 2.17. The highest BCUT2D eigenvalue weighted by atomic mass is 127. The maximum Gasteiger partial charge on any atom is 0.191 e. The molecule has 0 saturated heterocycles. The number of aliphatic imine (C=N–C) groups is 1. The van der Waals surface area contributed by atoms with Crippen molar-refractivity contribution < 1.29 is 8.42 Å². The summed E-state index contributed by atoms with van der Waals surface area (Å²) < 4.78 is 22.5. The predicted octanol–water partition coefficient (Wildman–Crippen LogP) is 1.65. The number of halogens is 1. The molecule has 26 heavy (non-hydrogen) atoms. The van der Waals surface area contributed by atoms with E-state index in [1.165, 1.54) is 17.4 Å². The second kappa shape index (κ2) is 11.1. The van der Waals surface area contributed by atoms with E-state index in [2.05, 4.69) is 44.8 Å². The zero-order valence-corrected chi connectivity index (χ0v) is 19.0. The lowest BCUT2D eigenvalue weighted by atomic mass is 10.00. The number of hydrogen-bond acceptors (Lipinski definition) is 4. The summed E-state index contributed by atoms with van der Waals surface area (Å²) in [7, 11) is -1.19. The van der Waals surface area contributed by atoms with E-state index < -0.39 is 9.84 Å². The van der Waals surface area contributed by atoms with E-state index in [0.29, 0.717) is 6.42 Å². The van der Waals surface area contributed by atoms with Gasteiger partial charge in [-0.05, 0) is 30.9 Å². The van der Waals surface area contributed by atoms with E-state index in [-0.39, 0.29) is 35.8 Å². The minimum Gasteiger partial charge on any atom is -0.355 e. The Kier molecular flexibility index (Phi) is 9.88. The maximum atomic E-state index is 11.2. The lowest BCUT2D eigenvalue weighted by Crippen LogP contribution is -2.45. The van der Waals surface area contributed by atoms with Gasteiger partial charge in [0.2, 0.25) is 0 Å². The van der Waals surface area contributed by atoms with E-state index in [1.54, 1.807) is 7.05 Å². The molecule has 148 valence electrons. The van der Waals surface area contributed by atoms with Crippen LogP contribution >= 0.6 is 24.0 Å². The molecule has 0 amide bonds. The van der Waals surface area contributed by atoms with Gasteiger partial charge in [-0.25, -0.2) is 8.42 Å². The van der Waals surface area contributed by atoms with Gasteiger partial charge in [0.05, 0.1) is 5.75 Å². The van der Waals surface area contributed by atoms with Crippen LogP contribution in [-0.2, 0) is 22.8 Å². The van der Waals surface area contributed by atoms with E-state index in [0.717, 1.165) is 38.6 Å². The Labute approximate surface area is 174 Å². The van der Waals surface area contributed by atoms with Gasteiger partial charge in [-0.2, -0.15) is 0 Å². The first-order chi connectivity index (χ1) is 11.9. The zero-order chi connectivity index (χ0) is 18.3. The Hall–Kier alpha value is -0.870. The van der Waals surface area contributed by atoms with Crippen molar-refractivity contribution in [2.24, 2.45) is 4.99 Å². The van der Waals surface area contributed by atoms with Crippen LogP contribution in [0.25, 0.3) is 0 Å². The van der Waals surface area contributed by atoms with Gasteiger partial charge in [-0.3, -0.25) is 9.89 Å². The molecule has 1 aliphatic rings. The van der Waals surface area contributed by atoms with E-state index in [4.69, 9.17) is 0 Å². The number of hydrogen-bond donors (Lipinski definition) is 2. The number of guanidine groups is 1. The van der Waals surface area contributed by atoms with Crippen LogP contribution in [0.5, 0.6) is 0 Å². The van der Waals surface area contributed by atoms with Crippen molar-refractivity contribution in [2.45, 2.75) is 32.4 Å². The molecule has 1 aliphatic heterocycles. The van der Waals surface area contributed by atoms with Gasteiger partial charge in [0, 0.05) is 45.5 Å². The van der Waals surface area contributed by atoms with Gasteiger partial charge in [0.25, 0.3) is 0 Å². The van der Waals surface area contributed by atoms with E-state index in [9.17, 15) is 8.42 Å². The molecule has 0 spiro atoms. The summed E-state index contributed by atoms with van der Waals surface area (Å²) in [5.41, 5.74) is 2.88.